The first-order valence-electron chi connectivity index (χ1n) is 5.67. The summed E-state index contributed by atoms with van der Waals surface area (Å²) in [5.41, 5.74) is 0. The van der Waals surface area contributed by atoms with Crippen molar-refractivity contribution in [1.29, 1.82) is 0 Å². The standard InChI is InChI=1S/C10H19NO2S2/c12-15(13)5-3-9(8-15)6-11-10-2-1-4-14-7-10/h9-11H,1-8H2. The second-order valence-electron chi connectivity index (χ2n) is 4.59. The lowest BCUT2D eigenvalue weighted by Gasteiger charge is -2.23. The van der Waals surface area contributed by atoms with Crippen LogP contribution in [0.5, 0.6) is 0 Å². The van der Waals surface area contributed by atoms with Crippen molar-refractivity contribution in [2.75, 3.05) is 29.6 Å². The molecule has 5 heteroatoms. The fourth-order valence-electron chi connectivity index (χ4n) is 2.27. The molecule has 2 rings (SSSR count). The number of sulfone groups is 1. The van der Waals surface area contributed by atoms with E-state index in [9.17, 15) is 8.42 Å². The maximum absolute atomic E-state index is 11.3. The van der Waals surface area contributed by atoms with E-state index in [1.54, 1.807) is 0 Å². The molecule has 0 aromatic carbocycles. The Morgan fingerprint density at radius 3 is 2.80 bits per heavy atom. The van der Waals surface area contributed by atoms with E-state index >= 15 is 0 Å². The molecule has 0 aromatic heterocycles. The molecule has 0 radical (unpaired) electrons. The molecule has 3 nitrogen and oxygen atoms in total. The first-order chi connectivity index (χ1) is 7.16. The Morgan fingerprint density at radius 1 is 1.33 bits per heavy atom. The van der Waals surface area contributed by atoms with Gasteiger partial charge < -0.3 is 5.32 Å². The minimum absolute atomic E-state index is 0.363. The van der Waals surface area contributed by atoms with E-state index in [0.29, 0.717) is 23.5 Å². The normalized spacial score (nSPS) is 35.5. The Kier molecular flexibility index (Phi) is 3.96. The molecule has 0 aromatic rings. The van der Waals surface area contributed by atoms with Gasteiger partial charge >= 0.3 is 0 Å². The predicted octanol–water partition coefficient (Wildman–Crippen LogP) is 0.906. The summed E-state index contributed by atoms with van der Waals surface area (Å²) in [6, 6.07) is 0.618. The van der Waals surface area contributed by atoms with Gasteiger partial charge in [-0.15, -0.1) is 0 Å². The van der Waals surface area contributed by atoms with E-state index < -0.39 is 9.84 Å². The highest BCUT2D eigenvalue weighted by Gasteiger charge is 2.28. The van der Waals surface area contributed by atoms with Crippen LogP contribution in [-0.4, -0.2) is 44.0 Å². The van der Waals surface area contributed by atoms with Gasteiger partial charge in [-0.05, 0) is 37.5 Å². The van der Waals surface area contributed by atoms with Crippen molar-refractivity contribution < 1.29 is 8.42 Å². The maximum Gasteiger partial charge on any atom is 0.150 e. The summed E-state index contributed by atoms with van der Waals surface area (Å²) in [5.74, 6) is 3.65. The smallest absolute Gasteiger partial charge is 0.150 e. The Labute approximate surface area is 96.3 Å². The second-order valence-corrected chi connectivity index (χ2v) is 7.97. The molecule has 88 valence electrons. The Morgan fingerprint density at radius 2 is 2.20 bits per heavy atom. The van der Waals surface area contributed by atoms with Crippen molar-refractivity contribution in [3.8, 4) is 0 Å². The summed E-state index contributed by atoms with van der Waals surface area (Å²) >= 11 is 2.00. The summed E-state index contributed by atoms with van der Waals surface area (Å²) in [5, 5.41) is 3.52. The molecule has 0 aliphatic carbocycles. The zero-order valence-corrected chi connectivity index (χ0v) is 10.6. The lowest BCUT2D eigenvalue weighted by molar-refractivity contribution is 0.447. The first-order valence-corrected chi connectivity index (χ1v) is 8.65. The molecule has 2 saturated heterocycles. The van der Waals surface area contributed by atoms with Crippen LogP contribution in [0.2, 0.25) is 0 Å². The minimum atomic E-state index is -2.69. The van der Waals surface area contributed by atoms with Gasteiger partial charge in [0.1, 0.15) is 0 Å². The predicted molar refractivity (Wildman–Crippen MR) is 65.1 cm³/mol. The van der Waals surface area contributed by atoms with Gasteiger partial charge in [0.05, 0.1) is 11.5 Å². The molecule has 2 aliphatic rings. The molecule has 1 N–H and O–H groups in total. The van der Waals surface area contributed by atoms with E-state index in [4.69, 9.17) is 0 Å². The third-order valence-electron chi connectivity index (χ3n) is 3.18. The van der Waals surface area contributed by atoms with Crippen LogP contribution in [0.25, 0.3) is 0 Å². The first kappa shape index (κ1) is 11.7. The molecular formula is C10H19NO2S2. The SMILES string of the molecule is O=S1(=O)CCC(CNC2CCCSC2)C1. The zero-order chi connectivity index (χ0) is 10.7. The Bertz CT molecular complexity index is 297. The number of hydrogen-bond acceptors (Lipinski definition) is 4. The van der Waals surface area contributed by atoms with Crippen molar-refractivity contribution in [3.63, 3.8) is 0 Å². The largest absolute Gasteiger partial charge is 0.313 e. The average molecular weight is 249 g/mol. The maximum atomic E-state index is 11.3. The molecule has 2 heterocycles. The number of rotatable bonds is 3. The quantitative estimate of drug-likeness (QED) is 0.807. The van der Waals surface area contributed by atoms with Crippen LogP contribution in [0, 0.1) is 5.92 Å². The molecule has 2 aliphatic heterocycles. The van der Waals surface area contributed by atoms with E-state index in [-0.39, 0.29) is 0 Å². The van der Waals surface area contributed by atoms with Gasteiger partial charge in [-0.1, -0.05) is 0 Å². The molecule has 2 unspecified atom stereocenters. The number of thioether (sulfide) groups is 1. The molecule has 0 bridgehead atoms. The molecule has 0 saturated carbocycles. The molecular weight excluding hydrogens is 230 g/mol. The molecule has 0 amide bonds. The van der Waals surface area contributed by atoms with Gasteiger partial charge in [-0.25, -0.2) is 8.42 Å². The second kappa shape index (κ2) is 5.06. The van der Waals surface area contributed by atoms with Crippen molar-refractivity contribution >= 4 is 21.6 Å². The van der Waals surface area contributed by atoms with Crippen LogP contribution in [0.1, 0.15) is 19.3 Å². The average Bonchev–Trinajstić information content (AvgIpc) is 2.57. The zero-order valence-electron chi connectivity index (χ0n) is 8.94. The lowest BCUT2D eigenvalue weighted by Crippen LogP contribution is -2.37. The number of hydrogen-bond donors (Lipinski definition) is 1. The van der Waals surface area contributed by atoms with Crippen LogP contribution >= 0.6 is 11.8 Å². The van der Waals surface area contributed by atoms with E-state index in [2.05, 4.69) is 5.32 Å². The lowest BCUT2D eigenvalue weighted by atomic mass is 10.1. The van der Waals surface area contributed by atoms with Crippen LogP contribution in [0.15, 0.2) is 0 Å². The Balaban J connectivity index is 1.70. The highest BCUT2D eigenvalue weighted by atomic mass is 32.2. The van der Waals surface area contributed by atoms with Gasteiger partial charge in [-0.3, -0.25) is 0 Å². The van der Waals surface area contributed by atoms with Crippen LogP contribution in [0.3, 0.4) is 0 Å². The van der Waals surface area contributed by atoms with E-state index in [1.807, 2.05) is 11.8 Å². The van der Waals surface area contributed by atoms with Gasteiger partial charge in [-0.2, -0.15) is 11.8 Å². The van der Waals surface area contributed by atoms with Gasteiger partial charge in [0, 0.05) is 11.8 Å². The third-order valence-corrected chi connectivity index (χ3v) is 6.23. The van der Waals surface area contributed by atoms with Crippen molar-refractivity contribution in [2.45, 2.75) is 25.3 Å². The van der Waals surface area contributed by atoms with Crippen molar-refractivity contribution in [1.82, 2.24) is 5.32 Å². The summed E-state index contributed by atoms with van der Waals surface area (Å²) < 4.78 is 22.5. The van der Waals surface area contributed by atoms with E-state index in [0.717, 1.165) is 13.0 Å². The highest BCUT2D eigenvalue weighted by Crippen LogP contribution is 2.20. The molecule has 15 heavy (non-hydrogen) atoms. The molecule has 0 spiro atoms. The van der Waals surface area contributed by atoms with Gasteiger partial charge in [0.15, 0.2) is 9.84 Å². The molecule has 2 fully saturated rings. The van der Waals surface area contributed by atoms with Crippen LogP contribution in [-0.2, 0) is 9.84 Å². The minimum Gasteiger partial charge on any atom is -0.313 e. The topological polar surface area (TPSA) is 46.2 Å². The summed E-state index contributed by atoms with van der Waals surface area (Å²) in [6.07, 6.45) is 3.41. The van der Waals surface area contributed by atoms with Crippen molar-refractivity contribution in [3.05, 3.63) is 0 Å². The van der Waals surface area contributed by atoms with Crippen LogP contribution in [0.4, 0.5) is 0 Å². The molecule has 2 atom stereocenters. The van der Waals surface area contributed by atoms with E-state index in [1.165, 1.54) is 24.3 Å². The van der Waals surface area contributed by atoms with Crippen molar-refractivity contribution in [2.24, 2.45) is 5.92 Å². The summed E-state index contributed by atoms with van der Waals surface area (Å²) in [6.45, 7) is 0.893. The highest BCUT2D eigenvalue weighted by molar-refractivity contribution is 7.99. The number of nitrogens with one attached hydrogen (secondary N) is 1. The van der Waals surface area contributed by atoms with Crippen LogP contribution < -0.4 is 5.32 Å². The monoisotopic (exact) mass is 249 g/mol. The third kappa shape index (κ3) is 3.64. The van der Waals surface area contributed by atoms with Gasteiger partial charge in [0.2, 0.25) is 0 Å². The Hall–Kier alpha value is 0.260. The fraction of sp³-hybridized carbons (Fsp3) is 1.00. The summed E-state index contributed by atoms with van der Waals surface area (Å²) in [7, 11) is -2.69. The van der Waals surface area contributed by atoms with Gasteiger partial charge in [0.25, 0.3) is 0 Å². The summed E-state index contributed by atoms with van der Waals surface area (Å²) in [4.78, 5) is 0. The fourth-order valence-corrected chi connectivity index (χ4v) is 5.24.